The van der Waals surface area contributed by atoms with Crippen molar-refractivity contribution in [2.24, 2.45) is 0 Å². The number of fused-ring (bicyclic) bond motifs is 1. The largest absolute Gasteiger partial charge is 0.363 e. The highest BCUT2D eigenvalue weighted by molar-refractivity contribution is 4.73. The maximum Gasteiger partial charge on any atom is 0.110 e. The van der Waals surface area contributed by atoms with Gasteiger partial charge in [0.25, 0.3) is 0 Å². The van der Waals surface area contributed by atoms with E-state index in [1.165, 1.54) is 38.8 Å². The van der Waals surface area contributed by atoms with E-state index in [1.54, 1.807) is 0 Å². The van der Waals surface area contributed by atoms with Gasteiger partial charge in [-0.25, -0.2) is 0 Å². The first kappa shape index (κ1) is 6.62. The molecule has 0 bridgehead atoms. The molecule has 1 atom stereocenters. The highest BCUT2D eigenvalue weighted by Gasteiger charge is 2.25. The molecule has 0 saturated carbocycles. The van der Waals surface area contributed by atoms with Crippen LogP contribution in [0.3, 0.4) is 0 Å². The average Bonchev–Trinajstić information content (AvgIpc) is 2.28. The SMILES string of the molecule is C1CCN2CCCC2OC1. The Balaban J connectivity index is 1.95. The number of hydrogen-bond acceptors (Lipinski definition) is 2. The van der Waals surface area contributed by atoms with Gasteiger partial charge in [0.15, 0.2) is 0 Å². The van der Waals surface area contributed by atoms with Gasteiger partial charge in [0.1, 0.15) is 6.23 Å². The molecule has 0 aliphatic carbocycles. The molecule has 2 nitrogen and oxygen atoms in total. The van der Waals surface area contributed by atoms with E-state index in [2.05, 4.69) is 4.90 Å². The van der Waals surface area contributed by atoms with Crippen LogP contribution in [0.2, 0.25) is 0 Å². The lowest BCUT2D eigenvalue weighted by Gasteiger charge is -2.20. The summed E-state index contributed by atoms with van der Waals surface area (Å²) in [6.07, 6.45) is 5.68. The van der Waals surface area contributed by atoms with Crippen LogP contribution in [0.4, 0.5) is 0 Å². The Morgan fingerprint density at radius 2 is 2.00 bits per heavy atom. The zero-order valence-corrected chi connectivity index (χ0v) is 6.38. The van der Waals surface area contributed by atoms with Crippen LogP contribution in [0.1, 0.15) is 25.7 Å². The summed E-state index contributed by atoms with van der Waals surface area (Å²) in [5, 5.41) is 0. The number of ether oxygens (including phenoxy) is 1. The molecule has 10 heavy (non-hydrogen) atoms. The predicted molar refractivity (Wildman–Crippen MR) is 39.8 cm³/mol. The molecule has 0 spiro atoms. The van der Waals surface area contributed by atoms with Crippen molar-refractivity contribution in [1.82, 2.24) is 4.90 Å². The second kappa shape index (κ2) is 2.89. The van der Waals surface area contributed by atoms with Crippen LogP contribution < -0.4 is 0 Å². The maximum absolute atomic E-state index is 5.65. The van der Waals surface area contributed by atoms with E-state index in [-0.39, 0.29) is 0 Å². The van der Waals surface area contributed by atoms with E-state index in [1.807, 2.05) is 0 Å². The molecule has 0 aromatic rings. The third-order valence-electron chi connectivity index (χ3n) is 2.45. The van der Waals surface area contributed by atoms with E-state index in [9.17, 15) is 0 Å². The topological polar surface area (TPSA) is 12.5 Å². The zero-order chi connectivity index (χ0) is 6.81. The summed E-state index contributed by atoms with van der Waals surface area (Å²) in [5.41, 5.74) is 0. The summed E-state index contributed by atoms with van der Waals surface area (Å²) < 4.78 is 5.65. The van der Waals surface area contributed by atoms with Crippen LogP contribution in [0.5, 0.6) is 0 Å². The van der Waals surface area contributed by atoms with Gasteiger partial charge in [-0.1, -0.05) is 0 Å². The molecule has 0 aromatic heterocycles. The van der Waals surface area contributed by atoms with Gasteiger partial charge in [-0.2, -0.15) is 0 Å². The summed E-state index contributed by atoms with van der Waals surface area (Å²) in [7, 11) is 0. The Morgan fingerprint density at radius 3 is 3.00 bits per heavy atom. The molecular weight excluding hydrogens is 126 g/mol. The smallest absolute Gasteiger partial charge is 0.110 e. The van der Waals surface area contributed by atoms with Gasteiger partial charge in [0.2, 0.25) is 0 Å². The van der Waals surface area contributed by atoms with E-state index < -0.39 is 0 Å². The molecule has 2 fully saturated rings. The third kappa shape index (κ3) is 1.18. The highest BCUT2D eigenvalue weighted by atomic mass is 16.5. The van der Waals surface area contributed by atoms with Crippen molar-refractivity contribution in [2.45, 2.75) is 31.9 Å². The first-order valence-corrected chi connectivity index (χ1v) is 4.32. The van der Waals surface area contributed by atoms with Crippen molar-refractivity contribution in [3.63, 3.8) is 0 Å². The molecule has 2 saturated heterocycles. The van der Waals surface area contributed by atoms with Crippen molar-refractivity contribution in [3.05, 3.63) is 0 Å². The van der Waals surface area contributed by atoms with Crippen LogP contribution >= 0.6 is 0 Å². The zero-order valence-electron chi connectivity index (χ0n) is 6.38. The van der Waals surface area contributed by atoms with Crippen LogP contribution in [0.25, 0.3) is 0 Å². The van der Waals surface area contributed by atoms with E-state index >= 15 is 0 Å². The van der Waals surface area contributed by atoms with Gasteiger partial charge in [0.05, 0.1) is 0 Å². The normalized spacial score (nSPS) is 35.4. The number of nitrogens with zero attached hydrogens (tertiary/aromatic N) is 1. The first-order valence-electron chi connectivity index (χ1n) is 4.32. The molecule has 0 N–H and O–H groups in total. The molecule has 0 radical (unpaired) electrons. The van der Waals surface area contributed by atoms with Gasteiger partial charge in [-0.15, -0.1) is 0 Å². The Bertz CT molecular complexity index is 104. The van der Waals surface area contributed by atoms with Crippen molar-refractivity contribution in [2.75, 3.05) is 19.7 Å². The standard InChI is InChI=1S/C8H15NO/c1-2-7-10-8-4-3-6-9(8)5-1/h8H,1-7H2. The molecule has 2 rings (SSSR count). The van der Waals surface area contributed by atoms with Crippen molar-refractivity contribution >= 4 is 0 Å². The lowest BCUT2D eigenvalue weighted by molar-refractivity contribution is -0.0174. The minimum Gasteiger partial charge on any atom is -0.363 e. The lowest BCUT2D eigenvalue weighted by Crippen LogP contribution is -2.30. The van der Waals surface area contributed by atoms with Gasteiger partial charge < -0.3 is 4.74 Å². The molecule has 2 heteroatoms. The molecule has 2 aliphatic heterocycles. The third-order valence-corrected chi connectivity index (χ3v) is 2.45. The fourth-order valence-electron chi connectivity index (χ4n) is 1.88. The lowest BCUT2D eigenvalue weighted by atomic mass is 10.3. The highest BCUT2D eigenvalue weighted by Crippen LogP contribution is 2.21. The van der Waals surface area contributed by atoms with Crippen molar-refractivity contribution in [3.8, 4) is 0 Å². The molecule has 0 aromatic carbocycles. The van der Waals surface area contributed by atoms with Crippen LogP contribution in [0, 0.1) is 0 Å². The van der Waals surface area contributed by atoms with E-state index in [0.29, 0.717) is 6.23 Å². The summed E-state index contributed by atoms with van der Waals surface area (Å²) >= 11 is 0. The van der Waals surface area contributed by atoms with Crippen LogP contribution in [-0.2, 0) is 4.74 Å². The van der Waals surface area contributed by atoms with Crippen molar-refractivity contribution in [1.29, 1.82) is 0 Å². The summed E-state index contributed by atoms with van der Waals surface area (Å²) in [6, 6.07) is 0. The molecule has 1 unspecified atom stereocenters. The summed E-state index contributed by atoms with van der Waals surface area (Å²) in [4.78, 5) is 2.48. The summed E-state index contributed by atoms with van der Waals surface area (Å²) in [6.45, 7) is 3.52. The Hall–Kier alpha value is -0.0800. The Morgan fingerprint density at radius 1 is 1.10 bits per heavy atom. The van der Waals surface area contributed by atoms with Gasteiger partial charge in [-0.3, -0.25) is 4.90 Å². The van der Waals surface area contributed by atoms with Gasteiger partial charge in [0, 0.05) is 19.7 Å². The quantitative estimate of drug-likeness (QED) is 0.503. The predicted octanol–water partition coefficient (Wildman–Crippen LogP) is 1.22. The van der Waals surface area contributed by atoms with Crippen LogP contribution in [-0.4, -0.2) is 30.8 Å². The van der Waals surface area contributed by atoms with E-state index in [0.717, 1.165) is 6.61 Å². The second-order valence-corrected chi connectivity index (χ2v) is 3.21. The van der Waals surface area contributed by atoms with Crippen LogP contribution in [0.15, 0.2) is 0 Å². The van der Waals surface area contributed by atoms with Crippen molar-refractivity contribution < 1.29 is 4.74 Å². The molecule has 0 amide bonds. The summed E-state index contributed by atoms with van der Waals surface area (Å²) in [5.74, 6) is 0. The first-order chi connectivity index (χ1) is 4.97. The molecular formula is C8H15NO. The fourth-order valence-corrected chi connectivity index (χ4v) is 1.88. The Labute approximate surface area is 62.2 Å². The second-order valence-electron chi connectivity index (χ2n) is 3.21. The minimum absolute atomic E-state index is 0.488. The monoisotopic (exact) mass is 141 g/mol. The number of hydrogen-bond donors (Lipinski definition) is 0. The fraction of sp³-hybridized carbons (Fsp3) is 1.00. The Kier molecular flexibility index (Phi) is 1.91. The van der Waals surface area contributed by atoms with Gasteiger partial charge in [-0.05, 0) is 25.7 Å². The molecule has 58 valence electrons. The van der Waals surface area contributed by atoms with Gasteiger partial charge >= 0.3 is 0 Å². The average molecular weight is 141 g/mol. The molecule has 2 heterocycles. The maximum atomic E-state index is 5.65. The number of rotatable bonds is 0. The molecule has 2 aliphatic rings. The van der Waals surface area contributed by atoms with E-state index in [4.69, 9.17) is 4.74 Å². The minimum atomic E-state index is 0.488.